The lowest BCUT2D eigenvalue weighted by atomic mass is 9.91. The molecule has 15 heavy (non-hydrogen) atoms. The minimum Gasteiger partial charge on any atom is -0.306 e. The van der Waals surface area contributed by atoms with E-state index in [4.69, 9.17) is 0 Å². The molecule has 0 unspecified atom stereocenters. The Morgan fingerprint density at radius 2 is 1.80 bits per heavy atom. The van der Waals surface area contributed by atoms with E-state index in [0.717, 1.165) is 18.8 Å². The van der Waals surface area contributed by atoms with Gasteiger partial charge in [-0.3, -0.25) is 4.79 Å². The van der Waals surface area contributed by atoms with Crippen molar-refractivity contribution < 1.29 is 4.79 Å². The van der Waals surface area contributed by atoms with Crippen molar-refractivity contribution in [2.45, 2.75) is 52.9 Å². The Bertz CT molecular complexity index is 160. The van der Waals surface area contributed by atoms with Gasteiger partial charge in [0.1, 0.15) is 5.78 Å². The van der Waals surface area contributed by atoms with Crippen LogP contribution < -0.4 is 0 Å². The highest BCUT2D eigenvalue weighted by molar-refractivity contribution is 5.77. The maximum atomic E-state index is 11.1. The van der Waals surface area contributed by atoms with E-state index in [2.05, 4.69) is 11.9 Å². The molecule has 0 radical (unpaired) electrons. The molecule has 0 amide bonds. The Hall–Kier alpha value is -0.370. The van der Waals surface area contributed by atoms with Gasteiger partial charge in [0.15, 0.2) is 0 Å². The predicted molar refractivity (Wildman–Crippen MR) is 66.1 cm³/mol. The molecule has 0 N–H and O–H groups in total. The van der Waals surface area contributed by atoms with Crippen molar-refractivity contribution >= 4 is 5.78 Å². The molecule has 1 aliphatic rings. The van der Waals surface area contributed by atoms with Crippen molar-refractivity contribution in [3.05, 3.63) is 0 Å². The molecule has 0 aromatic heterocycles. The van der Waals surface area contributed by atoms with E-state index in [1.165, 1.54) is 25.9 Å². The van der Waals surface area contributed by atoms with Gasteiger partial charge in [0.2, 0.25) is 0 Å². The minimum absolute atomic E-state index is 0.430. The van der Waals surface area contributed by atoms with Crippen LogP contribution in [0.5, 0.6) is 0 Å². The maximum absolute atomic E-state index is 11.1. The lowest BCUT2D eigenvalue weighted by Gasteiger charge is -2.28. The second-order valence-electron chi connectivity index (χ2n) is 4.18. The average molecular weight is 213 g/mol. The van der Waals surface area contributed by atoms with E-state index >= 15 is 0 Å². The molecular weight excluding hydrogens is 186 g/mol. The van der Waals surface area contributed by atoms with Crippen LogP contribution >= 0.6 is 0 Å². The third-order valence-corrected chi connectivity index (χ3v) is 3.06. The van der Waals surface area contributed by atoms with E-state index in [-0.39, 0.29) is 0 Å². The fraction of sp³-hybridized carbons (Fsp3) is 0.923. The molecule has 0 atom stereocenters. The number of hydrogen-bond donors (Lipinski definition) is 0. The molecule has 0 aliphatic carbocycles. The van der Waals surface area contributed by atoms with Gasteiger partial charge < -0.3 is 4.90 Å². The second-order valence-corrected chi connectivity index (χ2v) is 4.18. The van der Waals surface area contributed by atoms with Crippen LogP contribution in [0.4, 0.5) is 0 Å². The summed E-state index contributed by atoms with van der Waals surface area (Å²) in [6, 6.07) is 0. The number of likely N-dealkylation sites (tertiary alicyclic amines) is 1. The molecule has 0 aromatic rings. The summed E-state index contributed by atoms with van der Waals surface area (Å²) < 4.78 is 0. The lowest BCUT2D eigenvalue weighted by molar-refractivity contribution is -0.119. The highest BCUT2D eigenvalue weighted by Gasteiger charge is 2.16. The molecule has 2 nitrogen and oxygen atoms in total. The minimum atomic E-state index is 0.430. The molecule has 0 bridgehead atoms. The van der Waals surface area contributed by atoms with Gasteiger partial charge in [-0.25, -0.2) is 0 Å². The molecule has 2 heteroatoms. The average Bonchev–Trinajstić information content (AvgIpc) is 2.30. The molecule has 1 heterocycles. The number of rotatable bonds is 4. The standard InChI is InChI=1S/C11H21NO.C2H6/c1-3-11(13)5-4-10-6-8-12(2)9-7-10;1-2/h10H,3-9H2,1-2H3;1-2H3. The SMILES string of the molecule is CC.CCC(=O)CCC1CCN(C)CC1. The van der Waals surface area contributed by atoms with Crippen molar-refractivity contribution in [3.8, 4) is 0 Å². The van der Waals surface area contributed by atoms with Crippen LogP contribution in [0, 0.1) is 5.92 Å². The first-order valence-corrected chi connectivity index (χ1v) is 6.42. The molecule has 1 rings (SSSR count). The van der Waals surface area contributed by atoms with E-state index < -0.39 is 0 Å². The summed E-state index contributed by atoms with van der Waals surface area (Å²) in [4.78, 5) is 13.5. The van der Waals surface area contributed by atoms with Crippen LogP contribution in [0.3, 0.4) is 0 Å². The highest BCUT2D eigenvalue weighted by atomic mass is 16.1. The first kappa shape index (κ1) is 14.6. The van der Waals surface area contributed by atoms with Crippen LogP contribution in [0.2, 0.25) is 0 Å². The van der Waals surface area contributed by atoms with Crippen LogP contribution in [-0.4, -0.2) is 30.8 Å². The van der Waals surface area contributed by atoms with E-state index in [1.807, 2.05) is 20.8 Å². The summed E-state index contributed by atoms with van der Waals surface area (Å²) in [6.45, 7) is 8.38. The van der Waals surface area contributed by atoms with Crippen LogP contribution in [-0.2, 0) is 4.79 Å². The Morgan fingerprint density at radius 1 is 1.27 bits per heavy atom. The zero-order chi connectivity index (χ0) is 11.7. The first-order chi connectivity index (χ1) is 7.22. The van der Waals surface area contributed by atoms with Gasteiger partial charge in [-0.05, 0) is 45.3 Å². The monoisotopic (exact) mass is 213 g/mol. The predicted octanol–water partition coefficient (Wildman–Crippen LogP) is 3.11. The number of Topliss-reactive ketones (excluding diaryl/α,β-unsaturated/α-hetero) is 1. The molecule has 90 valence electrons. The number of hydrogen-bond acceptors (Lipinski definition) is 2. The van der Waals surface area contributed by atoms with Crippen molar-refractivity contribution in [2.75, 3.05) is 20.1 Å². The second kappa shape index (κ2) is 8.90. The summed E-state index contributed by atoms with van der Waals surface area (Å²) >= 11 is 0. The largest absolute Gasteiger partial charge is 0.306 e. The summed E-state index contributed by atoms with van der Waals surface area (Å²) in [5.41, 5.74) is 0. The van der Waals surface area contributed by atoms with Gasteiger partial charge in [-0.1, -0.05) is 20.8 Å². The molecule has 0 aromatic carbocycles. The third-order valence-electron chi connectivity index (χ3n) is 3.06. The Kier molecular flexibility index (Phi) is 8.68. The topological polar surface area (TPSA) is 20.3 Å². The number of piperidine rings is 1. The van der Waals surface area contributed by atoms with Crippen LogP contribution in [0.1, 0.15) is 52.9 Å². The Labute approximate surface area is 95.0 Å². The van der Waals surface area contributed by atoms with Crippen molar-refractivity contribution in [1.29, 1.82) is 0 Å². The fourth-order valence-corrected chi connectivity index (χ4v) is 1.89. The molecule has 1 aliphatic heterocycles. The summed E-state index contributed by atoms with van der Waals surface area (Å²) in [5.74, 6) is 1.24. The van der Waals surface area contributed by atoms with Gasteiger partial charge in [-0.15, -0.1) is 0 Å². The van der Waals surface area contributed by atoms with Crippen LogP contribution in [0.15, 0.2) is 0 Å². The van der Waals surface area contributed by atoms with Crippen molar-refractivity contribution in [1.82, 2.24) is 4.90 Å². The van der Waals surface area contributed by atoms with E-state index in [9.17, 15) is 4.79 Å². The van der Waals surface area contributed by atoms with Gasteiger partial charge >= 0.3 is 0 Å². The molecular formula is C13H27NO. The Morgan fingerprint density at radius 3 is 2.27 bits per heavy atom. The van der Waals surface area contributed by atoms with Crippen molar-refractivity contribution in [2.24, 2.45) is 5.92 Å². The number of carbonyl (C=O) groups is 1. The first-order valence-electron chi connectivity index (χ1n) is 6.42. The van der Waals surface area contributed by atoms with E-state index in [0.29, 0.717) is 12.2 Å². The third kappa shape index (κ3) is 6.67. The van der Waals surface area contributed by atoms with Crippen LogP contribution in [0.25, 0.3) is 0 Å². The molecule has 1 fully saturated rings. The van der Waals surface area contributed by atoms with Gasteiger partial charge in [0.25, 0.3) is 0 Å². The summed E-state index contributed by atoms with van der Waals surface area (Å²) in [5, 5.41) is 0. The van der Waals surface area contributed by atoms with Gasteiger partial charge in [0.05, 0.1) is 0 Å². The lowest BCUT2D eigenvalue weighted by Crippen LogP contribution is -2.30. The maximum Gasteiger partial charge on any atom is 0.132 e. The molecule has 0 saturated carbocycles. The molecule has 0 spiro atoms. The van der Waals surface area contributed by atoms with E-state index in [1.54, 1.807) is 0 Å². The number of nitrogens with zero attached hydrogens (tertiary/aromatic N) is 1. The van der Waals surface area contributed by atoms with Gasteiger partial charge in [-0.2, -0.15) is 0 Å². The summed E-state index contributed by atoms with van der Waals surface area (Å²) in [7, 11) is 2.17. The Balaban J connectivity index is 0.000000921. The quantitative estimate of drug-likeness (QED) is 0.715. The summed E-state index contributed by atoms with van der Waals surface area (Å²) in [6.07, 6.45) is 5.22. The fourth-order valence-electron chi connectivity index (χ4n) is 1.89. The number of carbonyl (C=O) groups excluding carboxylic acids is 1. The number of ketones is 1. The van der Waals surface area contributed by atoms with Gasteiger partial charge in [0, 0.05) is 12.8 Å². The zero-order valence-electron chi connectivity index (χ0n) is 10.9. The normalized spacial score (nSPS) is 18.1. The zero-order valence-corrected chi connectivity index (χ0v) is 10.9. The smallest absolute Gasteiger partial charge is 0.132 e. The van der Waals surface area contributed by atoms with Crippen molar-refractivity contribution in [3.63, 3.8) is 0 Å². The highest BCUT2D eigenvalue weighted by Crippen LogP contribution is 2.21. The molecule has 1 saturated heterocycles.